The molecule has 0 aliphatic carbocycles. The lowest BCUT2D eigenvalue weighted by molar-refractivity contribution is -0.139. The molecular formula is C15H21Cl2NO2. The Bertz CT molecular complexity index is 429. The molecule has 0 amide bonds. The molecule has 20 heavy (non-hydrogen) atoms. The summed E-state index contributed by atoms with van der Waals surface area (Å²) in [6.07, 6.45) is 2.16. The Hall–Kier alpha value is -0.770. The first-order valence-electron chi connectivity index (χ1n) is 6.81. The van der Waals surface area contributed by atoms with Crippen molar-refractivity contribution in [1.82, 2.24) is 5.32 Å². The minimum absolute atomic E-state index is 0.349. The second-order valence-electron chi connectivity index (χ2n) is 5.28. The Labute approximate surface area is 130 Å². The molecule has 1 rings (SSSR count). The van der Waals surface area contributed by atoms with Crippen molar-refractivity contribution >= 4 is 29.2 Å². The van der Waals surface area contributed by atoms with Crippen LogP contribution in [0.25, 0.3) is 0 Å². The maximum atomic E-state index is 11.1. The average molecular weight is 318 g/mol. The predicted octanol–water partition coefficient (Wildman–Crippen LogP) is 4.01. The van der Waals surface area contributed by atoms with Gasteiger partial charge in [-0.05, 0) is 49.4 Å². The fraction of sp³-hybridized carbons (Fsp3) is 0.533. The molecule has 0 spiro atoms. The molecule has 1 atom stereocenters. The third-order valence-corrected chi connectivity index (χ3v) is 3.77. The number of halogens is 2. The summed E-state index contributed by atoms with van der Waals surface area (Å²) >= 11 is 12.2. The highest BCUT2D eigenvalue weighted by Crippen LogP contribution is 2.25. The van der Waals surface area contributed by atoms with Crippen LogP contribution in [-0.2, 0) is 11.2 Å². The lowest BCUT2D eigenvalue weighted by Gasteiger charge is -2.16. The normalized spacial score (nSPS) is 12.7. The standard InChI is InChI=1S/C15H21Cl2NO2/c1-10(2)9-14(15(19)20)18-8-4-5-11-12(16)6-3-7-13(11)17/h3,6-7,10,14,18H,4-5,8-9H2,1-2H3,(H,19,20)/t14-/m1/s1. The van der Waals surface area contributed by atoms with Crippen LogP contribution in [0, 0.1) is 5.92 Å². The van der Waals surface area contributed by atoms with Crippen molar-refractivity contribution in [1.29, 1.82) is 0 Å². The van der Waals surface area contributed by atoms with E-state index in [1.807, 2.05) is 32.0 Å². The number of nitrogens with one attached hydrogen (secondary N) is 1. The van der Waals surface area contributed by atoms with E-state index in [0.29, 0.717) is 28.9 Å². The monoisotopic (exact) mass is 317 g/mol. The molecule has 0 aromatic heterocycles. The molecule has 1 aromatic carbocycles. The van der Waals surface area contributed by atoms with E-state index in [-0.39, 0.29) is 0 Å². The summed E-state index contributed by atoms with van der Waals surface area (Å²) in [7, 11) is 0. The van der Waals surface area contributed by atoms with Crippen LogP contribution < -0.4 is 5.32 Å². The minimum atomic E-state index is -0.797. The number of hydrogen-bond acceptors (Lipinski definition) is 2. The summed E-state index contributed by atoms with van der Waals surface area (Å²) in [5.41, 5.74) is 0.924. The van der Waals surface area contributed by atoms with Gasteiger partial charge in [-0.1, -0.05) is 43.1 Å². The molecule has 0 unspecified atom stereocenters. The Kier molecular flexibility index (Phi) is 7.35. The second-order valence-corrected chi connectivity index (χ2v) is 6.09. The summed E-state index contributed by atoms with van der Waals surface area (Å²) in [6.45, 7) is 4.66. The van der Waals surface area contributed by atoms with Gasteiger partial charge in [0.2, 0.25) is 0 Å². The first-order chi connectivity index (χ1) is 9.41. The average Bonchev–Trinajstić information content (AvgIpc) is 2.35. The predicted molar refractivity (Wildman–Crippen MR) is 83.7 cm³/mol. The SMILES string of the molecule is CC(C)C[C@@H](NCCCc1c(Cl)cccc1Cl)C(=O)O. The first kappa shape index (κ1) is 17.3. The fourth-order valence-corrected chi connectivity index (χ4v) is 2.64. The molecule has 112 valence electrons. The molecule has 5 heteroatoms. The van der Waals surface area contributed by atoms with E-state index in [1.165, 1.54) is 0 Å². The van der Waals surface area contributed by atoms with Gasteiger partial charge in [0.05, 0.1) is 0 Å². The number of carbonyl (C=O) groups is 1. The summed E-state index contributed by atoms with van der Waals surface area (Å²) < 4.78 is 0. The van der Waals surface area contributed by atoms with Crippen molar-refractivity contribution in [2.45, 2.75) is 39.2 Å². The Balaban J connectivity index is 2.42. The third kappa shape index (κ3) is 5.70. The van der Waals surface area contributed by atoms with Crippen molar-refractivity contribution in [3.8, 4) is 0 Å². The van der Waals surface area contributed by atoms with Gasteiger partial charge in [-0.3, -0.25) is 4.79 Å². The van der Waals surface area contributed by atoms with Gasteiger partial charge in [0, 0.05) is 10.0 Å². The molecule has 3 nitrogen and oxygen atoms in total. The van der Waals surface area contributed by atoms with Gasteiger partial charge in [-0.2, -0.15) is 0 Å². The number of carboxylic acid groups (broad SMARTS) is 1. The molecule has 0 aliphatic heterocycles. The molecule has 0 heterocycles. The van der Waals surface area contributed by atoms with Crippen molar-refractivity contribution < 1.29 is 9.90 Å². The van der Waals surface area contributed by atoms with Crippen LogP contribution in [0.5, 0.6) is 0 Å². The van der Waals surface area contributed by atoms with Crippen LogP contribution in [0.4, 0.5) is 0 Å². The lowest BCUT2D eigenvalue weighted by atomic mass is 10.0. The van der Waals surface area contributed by atoms with Crippen LogP contribution >= 0.6 is 23.2 Å². The van der Waals surface area contributed by atoms with Crippen LogP contribution in [0.1, 0.15) is 32.3 Å². The summed E-state index contributed by atoms with van der Waals surface area (Å²) in [6, 6.07) is 4.95. The first-order valence-corrected chi connectivity index (χ1v) is 7.56. The molecular weight excluding hydrogens is 297 g/mol. The summed E-state index contributed by atoms with van der Waals surface area (Å²) in [4.78, 5) is 11.1. The molecule has 0 aliphatic rings. The number of rotatable bonds is 8. The number of aliphatic carboxylic acids is 1. The zero-order valence-electron chi connectivity index (χ0n) is 11.8. The number of benzene rings is 1. The quantitative estimate of drug-likeness (QED) is 0.712. The maximum absolute atomic E-state index is 11.1. The van der Waals surface area contributed by atoms with E-state index in [9.17, 15) is 4.79 Å². The Morgan fingerprint density at radius 1 is 1.30 bits per heavy atom. The Morgan fingerprint density at radius 2 is 1.90 bits per heavy atom. The van der Waals surface area contributed by atoms with Crippen molar-refractivity contribution in [3.63, 3.8) is 0 Å². The fourth-order valence-electron chi connectivity index (χ4n) is 2.06. The number of hydrogen-bond donors (Lipinski definition) is 2. The molecule has 0 bridgehead atoms. The molecule has 0 saturated heterocycles. The van der Waals surface area contributed by atoms with Crippen LogP contribution in [0.15, 0.2) is 18.2 Å². The third-order valence-electron chi connectivity index (χ3n) is 3.06. The van der Waals surface area contributed by atoms with Crippen LogP contribution in [-0.4, -0.2) is 23.7 Å². The molecule has 0 saturated carbocycles. The van der Waals surface area contributed by atoms with E-state index >= 15 is 0 Å². The highest BCUT2D eigenvalue weighted by molar-refractivity contribution is 6.35. The highest BCUT2D eigenvalue weighted by Gasteiger charge is 2.17. The molecule has 0 radical (unpaired) electrons. The van der Waals surface area contributed by atoms with Crippen LogP contribution in [0.3, 0.4) is 0 Å². The van der Waals surface area contributed by atoms with E-state index in [4.69, 9.17) is 28.3 Å². The van der Waals surface area contributed by atoms with Gasteiger partial charge in [0.25, 0.3) is 0 Å². The van der Waals surface area contributed by atoms with Crippen molar-refractivity contribution in [3.05, 3.63) is 33.8 Å². The molecule has 0 fully saturated rings. The highest BCUT2D eigenvalue weighted by atomic mass is 35.5. The Morgan fingerprint density at radius 3 is 2.40 bits per heavy atom. The topological polar surface area (TPSA) is 49.3 Å². The zero-order chi connectivity index (χ0) is 15.1. The van der Waals surface area contributed by atoms with Crippen molar-refractivity contribution in [2.24, 2.45) is 5.92 Å². The van der Waals surface area contributed by atoms with Gasteiger partial charge in [-0.25, -0.2) is 0 Å². The lowest BCUT2D eigenvalue weighted by Crippen LogP contribution is -2.38. The minimum Gasteiger partial charge on any atom is -0.480 e. The summed E-state index contributed by atoms with van der Waals surface area (Å²) in [5, 5.41) is 13.5. The van der Waals surface area contributed by atoms with Gasteiger partial charge >= 0.3 is 5.97 Å². The molecule has 1 aromatic rings. The van der Waals surface area contributed by atoms with Crippen LogP contribution in [0.2, 0.25) is 10.0 Å². The van der Waals surface area contributed by atoms with Gasteiger partial charge < -0.3 is 10.4 Å². The summed E-state index contributed by atoms with van der Waals surface area (Å²) in [5.74, 6) is -0.448. The van der Waals surface area contributed by atoms with Gasteiger partial charge in [0.1, 0.15) is 6.04 Å². The number of carboxylic acids is 1. The van der Waals surface area contributed by atoms with Gasteiger partial charge in [-0.15, -0.1) is 0 Å². The van der Waals surface area contributed by atoms with E-state index < -0.39 is 12.0 Å². The zero-order valence-corrected chi connectivity index (χ0v) is 13.3. The van der Waals surface area contributed by atoms with E-state index in [1.54, 1.807) is 0 Å². The van der Waals surface area contributed by atoms with Crippen molar-refractivity contribution in [2.75, 3.05) is 6.54 Å². The smallest absolute Gasteiger partial charge is 0.320 e. The van der Waals surface area contributed by atoms with E-state index in [0.717, 1.165) is 18.4 Å². The largest absolute Gasteiger partial charge is 0.480 e. The van der Waals surface area contributed by atoms with Gasteiger partial charge in [0.15, 0.2) is 0 Å². The second kappa shape index (κ2) is 8.50. The maximum Gasteiger partial charge on any atom is 0.320 e. The molecule has 2 N–H and O–H groups in total. The van der Waals surface area contributed by atoms with E-state index in [2.05, 4.69) is 5.32 Å².